The number of esters is 2. The summed E-state index contributed by atoms with van der Waals surface area (Å²) >= 11 is 2.73. The molecule has 1 fully saturated rings. The molecule has 0 spiro atoms. The maximum atomic E-state index is 13.4. The number of carbonyl (C=O) groups excluding carboxylic acids is 2. The van der Waals surface area contributed by atoms with Gasteiger partial charge in [0.05, 0.1) is 23.3 Å². The number of nitrogens with zero attached hydrogens (tertiary/aromatic N) is 2. The van der Waals surface area contributed by atoms with Gasteiger partial charge in [-0.3, -0.25) is 0 Å². The van der Waals surface area contributed by atoms with Gasteiger partial charge < -0.3 is 24.4 Å². The van der Waals surface area contributed by atoms with E-state index in [9.17, 15) is 19.8 Å². The number of hydrogen-bond acceptors (Lipinski definition) is 11. The quantitative estimate of drug-likeness (QED) is 0.209. The van der Waals surface area contributed by atoms with Gasteiger partial charge in [-0.05, 0) is 38.2 Å². The van der Waals surface area contributed by atoms with Gasteiger partial charge in [-0.1, -0.05) is 119 Å². The summed E-state index contributed by atoms with van der Waals surface area (Å²) in [6.45, 7) is 11.3. The third kappa shape index (κ3) is 12.8. The average molecular weight is 789 g/mol. The summed E-state index contributed by atoms with van der Waals surface area (Å²) in [6.07, 6.45) is 29.6. The Bertz CT molecular complexity index is 1810. The SMILES string of the molecule is C/C=C/[C@H](O)C(C)(C)[C@@H]1C\C=C/C=C\C=C\[C@H](OC)Cc2nc(cs2)C(=O)O[C@H](C(C)(C)[C@@H](O)/C=C/C)C/C=C\[C@H]2C[C@H]2/C=C/C=C\c2nc(cs2)C(=O)O1. The van der Waals surface area contributed by atoms with E-state index in [-0.39, 0.29) is 17.5 Å². The highest BCUT2D eigenvalue weighted by Crippen LogP contribution is 2.41. The molecule has 2 aromatic rings. The second-order valence-corrected chi connectivity index (χ2v) is 16.8. The Kier molecular flexibility index (Phi) is 16.5. The van der Waals surface area contributed by atoms with Crippen LogP contribution < -0.4 is 0 Å². The maximum absolute atomic E-state index is 13.4. The number of allylic oxidation sites excluding steroid dienone is 10. The van der Waals surface area contributed by atoms with Gasteiger partial charge in [0.1, 0.15) is 17.2 Å². The minimum absolute atomic E-state index is 0.225. The molecular weight excluding hydrogens is 733 g/mol. The first kappa shape index (κ1) is 43.7. The molecule has 0 unspecified atom stereocenters. The van der Waals surface area contributed by atoms with E-state index in [1.54, 1.807) is 42.2 Å². The van der Waals surface area contributed by atoms with Crippen molar-refractivity contribution < 1.29 is 34.0 Å². The second kappa shape index (κ2) is 20.8. The second-order valence-electron chi connectivity index (χ2n) is 15.0. The smallest absolute Gasteiger partial charge is 0.358 e. The number of rotatable bonds is 7. The topological polar surface area (TPSA) is 128 Å². The molecule has 0 amide bonds. The molecule has 2 aliphatic rings. The lowest BCUT2D eigenvalue weighted by molar-refractivity contribution is -0.0461. The number of aromatic nitrogens is 2. The molecule has 11 heteroatoms. The molecule has 4 rings (SSSR count). The molecule has 2 N–H and O–H groups in total. The van der Waals surface area contributed by atoms with Crippen molar-refractivity contribution in [1.82, 2.24) is 9.97 Å². The summed E-state index contributed by atoms with van der Waals surface area (Å²) in [4.78, 5) is 35.8. The monoisotopic (exact) mass is 788 g/mol. The molecule has 7 atom stereocenters. The molecule has 0 saturated heterocycles. The summed E-state index contributed by atoms with van der Waals surface area (Å²) in [5, 5.41) is 26.7. The molecule has 0 aromatic carbocycles. The van der Waals surface area contributed by atoms with Gasteiger partial charge in [0, 0.05) is 48.0 Å². The molecule has 1 saturated carbocycles. The molecule has 4 bridgehead atoms. The van der Waals surface area contributed by atoms with E-state index in [1.807, 2.05) is 102 Å². The van der Waals surface area contributed by atoms with Crippen molar-refractivity contribution in [3.8, 4) is 0 Å². The van der Waals surface area contributed by atoms with Crippen LogP contribution in [0.1, 0.15) is 91.8 Å². The van der Waals surface area contributed by atoms with Crippen LogP contribution in [0.3, 0.4) is 0 Å². The van der Waals surface area contributed by atoms with Crippen LogP contribution in [0.25, 0.3) is 6.08 Å². The maximum Gasteiger partial charge on any atom is 0.358 e. The van der Waals surface area contributed by atoms with Crippen molar-refractivity contribution in [3.05, 3.63) is 123 Å². The third-order valence-corrected chi connectivity index (χ3v) is 11.8. The summed E-state index contributed by atoms with van der Waals surface area (Å²) in [6, 6.07) is 0. The molecular formula is C44H56N2O7S2. The van der Waals surface area contributed by atoms with Crippen LogP contribution in [0.2, 0.25) is 0 Å². The number of aliphatic hydroxyl groups excluding tert-OH is 2. The van der Waals surface area contributed by atoms with Gasteiger partial charge in [0.25, 0.3) is 0 Å². The van der Waals surface area contributed by atoms with Crippen molar-refractivity contribution in [2.24, 2.45) is 22.7 Å². The first-order valence-corrected chi connectivity index (χ1v) is 20.5. The number of aliphatic hydroxyl groups is 2. The fourth-order valence-electron chi connectivity index (χ4n) is 5.98. The minimum atomic E-state index is -0.830. The fourth-order valence-corrected chi connectivity index (χ4v) is 7.48. The van der Waals surface area contributed by atoms with Gasteiger partial charge in [0.2, 0.25) is 0 Å². The van der Waals surface area contributed by atoms with Crippen LogP contribution in [-0.4, -0.2) is 69.7 Å². The number of ether oxygens (including phenoxy) is 3. The Hall–Kier alpha value is -4.00. The van der Waals surface area contributed by atoms with Crippen molar-refractivity contribution in [3.63, 3.8) is 0 Å². The molecule has 9 nitrogen and oxygen atoms in total. The largest absolute Gasteiger partial charge is 0.457 e. The zero-order valence-electron chi connectivity index (χ0n) is 32.9. The summed E-state index contributed by atoms with van der Waals surface area (Å²) in [7, 11) is 1.62. The van der Waals surface area contributed by atoms with E-state index >= 15 is 0 Å². The predicted octanol–water partition coefficient (Wildman–Crippen LogP) is 9.06. The molecule has 2 aromatic heterocycles. The van der Waals surface area contributed by atoms with E-state index in [2.05, 4.69) is 22.1 Å². The lowest BCUT2D eigenvalue weighted by Crippen LogP contribution is -2.42. The van der Waals surface area contributed by atoms with Gasteiger partial charge >= 0.3 is 11.9 Å². The lowest BCUT2D eigenvalue weighted by atomic mass is 9.79. The van der Waals surface area contributed by atoms with Gasteiger partial charge in [-0.15, -0.1) is 22.7 Å². The van der Waals surface area contributed by atoms with Crippen molar-refractivity contribution in [2.75, 3.05) is 7.11 Å². The average Bonchev–Trinajstić information content (AvgIpc) is 3.47. The Labute approximate surface area is 334 Å². The van der Waals surface area contributed by atoms with Crippen molar-refractivity contribution in [1.29, 1.82) is 0 Å². The molecule has 1 aliphatic carbocycles. The van der Waals surface area contributed by atoms with E-state index in [1.165, 1.54) is 22.7 Å². The van der Waals surface area contributed by atoms with Crippen molar-refractivity contribution in [2.45, 2.75) is 97.7 Å². The highest BCUT2D eigenvalue weighted by molar-refractivity contribution is 7.10. The standard InChI is InChI=1S/C44H56N2O7S2/c1-8-18-35(47)43(3,4)37-23-14-12-10-11-13-22-32(51-7)27-40-46-34(29-55-40)42(50)53-38(44(5,6)36(48)19-9-2)24-17-21-31-26-30(31)20-15-16-25-39-45-33(28-54-39)41(49)52-37/h8-22,25,28-32,35-38,47-48H,23-24,26-27H2,1-7H3/b11-10-,14-12-,18-8+,19-9+,20-15+,21-17-,22-13+,25-16-/t30-,31+,32+,35+,36+,37+,38+/m1/s1. The van der Waals surface area contributed by atoms with Crippen LogP contribution in [0.15, 0.2) is 102 Å². The number of fused-ring (bicyclic) bond motifs is 5. The highest BCUT2D eigenvalue weighted by atomic mass is 32.1. The third-order valence-electron chi connectivity index (χ3n) is 10.1. The normalized spacial score (nSPS) is 28.3. The molecule has 55 heavy (non-hydrogen) atoms. The Balaban J connectivity index is 1.58. The first-order chi connectivity index (χ1) is 26.3. The van der Waals surface area contributed by atoms with E-state index in [0.29, 0.717) is 36.1 Å². The van der Waals surface area contributed by atoms with Gasteiger partial charge in [-0.2, -0.15) is 0 Å². The summed E-state index contributed by atoms with van der Waals surface area (Å²) in [5.74, 6) is -0.314. The van der Waals surface area contributed by atoms with Crippen LogP contribution in [0.4, 0.5) is 0 Å². The minimum Gasteiger partial charge on any atom is -0.457 e. The zero-order chi connectivity index (χ0) is 40.0. The fraction of sp³-hybridized carbons (Fsp3) is 0.455. The number of hydrogen-bond donors (Lipinski definition) is 2. The van der Waals surface area contributed by atoms with Gasteiger partial charge in [-0.25, -0.2) is 19.6 Å². The summed E-state index contributed by atoms with van der Waals surface area (Å²) < 4.78 is 17.7. The van der Waals surface area contributed by atoms with E-state index in [4.69, 9.17) is 14.2 Å². The van der Waals surface area contributed by atoms with Gasteiger partial charge in [0.15, 0.2) is 11.4 Å². The van der Waals surface area contributed by atoms with E-state index < -0.39 is 47.2 Å². The van der Waals surface area contributed by atoms with Crippen molar-refractivity contribution >= 4 is 40.7 Å². The number of carbonyl (C=O) groups is 2. The van der Waals surface area contributed by atoms with Crippen LogP contribution in [0.5, 0.6) is 0 Å². The number of cyclic esters (lactones) is 2. The molecule has 296 valence electrons. The molecule has 1 aliphatic heterocycles. The number of methoxy groups -OCH3 is 1. The van der Waals surface area contributed by atoms with Crippen LogP contribution >= 0.6 is 22.7 Å². The summed E-state index contributed by atoms with van der Waals surface area (Å²) in [5.41, 5.74) is -1.08. The Morgan fingerprint density at radius 1 is 0.764 bits per heavy atom. The molecule has 3 heterocycles. The van der Waals surface area contributed by atoms with Crippen LogP contribution in [0, 0.1) is 22.7 Å². The Morgan fingerprint density at radius 3 is 1.96 bits per heavy atom. The van der Waals surface area contributed by atoms with E-state index in [0.717, 1.165) is 11.4 Å². The van der Waals surface area contributed by atoms with Crippen LogP contribution in [-0.2, 0) is 20.6 Å². The predicted molar refractivity (Wildman–Crippen MR) is 222 cm³/mol. The zero-order valence-corrected chi connectivity index (χ0v) is 34.5. The number of thiazole rings is 2. The highest BCUT2D eigenvalue weighted by Gasteiger charge is 2.39. The Morgan fingerprint density at radius 2 is 1.33 bits per heavy atom. The molecule has 0 radical (unpaired) electrons. The first-order valence-electron chi connectivity index (χ1n) is 18.8. The lowest BCUT2D eigenvalue weighted by Gasteiger charge is -2.36.